The van der Waals surface area contributed by atoms with Gasteiger partial charge in [0.25, 0.3) is 5.91 Å². The van der Waals surface area contributed by atoms with Crippen LogP contribution in [0.3, 0.4) is 0 Å². The normalized spacial score (nSPS) is 14.4. The minimum Gasteiger partial charge on any atom is -0.484 e. The van der Waals surface area contributed by atoms with Gasteiger partial charge in [0.05, 0.1) is 13.5 Å². The van der Waals surface area contributed by atoms with Crippen molar-refractivity contribution in [2.24, 2.45) is 0 Å². The number of hydrogen-bond acceptors (Lipinski definition) is 4. The number of methoxy groups -OCH3 is 1. The van der Waals surface area contributed by atoms with Crippen molar-refractivity contribution in [2.45, 2.75) is 51.5 Å². The minimum absolute atomic E-state index is 0.00312. The van der Waals surface area contributed by atoms with Gasteiger partial charge in [0, 0.05) is 12.6 Å². The molecule has 0 atom stereocenters. The fourth-order valence-corrected chi connectivity index (χ4v) is 3.09. The highest BCUT2D eigenvalue weighted by atomic mass is 16.5. The van der Waals surface area contributed by atoms with Crippen LogP contribution in [-0.2, 0) is 20.7 Å². The maximum Gasteiger partial charge on any atom is 0.307 e. The van der Waals surface area contributed by atoms with Crippen LogP contribution in [0, 0.1) is 0 Å². The van der Waals surface area contributed by atoms with Crippen LogP contribution in [0.4, 0.5) is 0 Å². The van der Waals surface area contributed by atoms with Gasteiger partial charge in [0.2, 0.25) is 0 Å². The summed E-state index contributed by atoms with van der Waals surface area (Å²) in [6.45, 7) is 2.50. The first-order chi connectivity index (χ1) is 11.6. The van der Waals surface area contributed by atoms with E-state index < -0.39 is 0 Å². The summed E-state index contributed by atoms with van der Waals surface area (Å²) in [6.07, 6.45) is 5.46. The summed E-state index contributed by atoms with van der Waals surface area (Å²) in [4.78, 5) is 25.8. The molecule has 1 aromatic rings. The zero-order chi connectivity index (χ0) is 17.4. The lowest BCUT2D eigenvalue weighted by atomic mass is 10.2. The van der Waals surface area contributed by atoms with Crippen LogP contribution in [0.25, 0.3) is 0 Å². The summed E-state index contributed by atoms with van der Waals surface area (Å²) < 4.78 is 10.3. The lowest BCUT2D eigenvalue weighted by Gasteiger charge is -2.28. The van der Waals surface area contributed by atoms with E-state index in [1.807, 2.05) is 24.3 Å². The molecule has 24 heavy (non-hydrogen) atoms. The Labute approximate surface area is 143 Å². The van der Waals surface area contributed by atoms with Crippen LogP contribution in [0.2, 0.25) is 0 Å². The highest BCUT2D eigenvalue weighted by molar-refractivity contribution is 5.79. The summed E-state index contributed by atoms with van der Waals surface area (Å²) >= 11 is 0. The monoisotopic (exact) mass is 333 g/mol. The molecule has 1 amide bonds. The Hall–Kier alpha value is -2.04. The Morgan fingerprint density at radius 2 is 1.83 bits per heavy atom. The summed E-state index contributed by atoms with van der Waals surface area (Å²) in [5, 5.41) is 0. The highest BCUT2D eigenvalue weighted by Crippen LogP contribution is 2.24. The fraction of sp³-hybridized carbons (Fsp3) is 0.579. The number of amides is 1. The standard InChI is InChI=1S/C19H27NO4/c1-3-15-8-10-17(11-9-15)24-14-18(21)20(13-12-19(22)23-2)16-6-4-5-7-16/h8-11,16H,3-7,12-14H2,1-2H3. The third-order valence-electron chi connectivity index (χ3n) is 4.56. The van der Waals surface area contributed by atoms with Gasteiger partial charge in [-0.15, -0.1) is 0 Å². The van der Waals surface area contributed by atoms with Crippen molar-refractivity contribution in [3.63, 3.8) is 0 Å². The van der Waals surface area contributed by atoms with Gasteiger partial charge in [-0.05, 0) is 37.0 Å². The van der Waals surface area contributed by atoms with Crippen LogP contribution in [-0.4, -0.2) is 43.1 Å². The Morgan fingerprint density at radius 1 is 1.17 bits per heavy atom. The molecule has 0 aromatic heterocycles. The molecule has 2 rings (SSSR count). The number of aryl methyl sites for hydroxylation is 1. The Morgan fingerprint density at radius 3 is 2.42 bits per heavy atom. The van der Waals surface area contributed by atoms with Gasteiger partial charge in [-0.1, -0.05) is 31.9 Å². The molecule has 0 unspecified atom stereocenters. The van der Waals surface area contributed by atoms with Crippen LogP contribution in [0.1, 0.15) is 44.6 Å². The second kappa shape index (κ2) is 9.30. The third kappa shape index (κ3) is 5.25. The zero-order valence-electron chi connectivity index (χ0n) is 14.6. The quantitative estimate of drug-likeness (QED) is 0.686. The van der Waals surface area contributed by atoms with Crippen LogP contribution in [0.15, 0.2) is 24.3 Å². The van der Waals surface area contributed by atoms with Gasteiger partial charge in [0.1, 0.15) is 5.75 Å². The average Bonchev–Trinajstić information content (AvgIpc) is 3.14. The van der Waals surface area contributed by atoms with Gasteiger partial charge in [0.15, 0.2) is 6.61 Å². The molecule has 1 saturated carbocycles. The maximum absolute atomic E-state index is 12.6. The molecule has 0 heterocycles. The predicted molar refractivity (Wildman–Crippen MR) is 91.9 cm³/mol. The number of ether oxygens (including phenoxy) is 2. The minimum atomic E-state index is -0.290. The van der Waals surface area contributed by atoms with E-state index >= 15 is 0 Å². The molecule has 5 heteroatoms. The molecule has 0 N–H and O–H groups in total. The second-order valence-electron chi connectivity index (χ2n) is 6.14. The largest absolute Gasteiger partial charge is 0.484 e. The number of carbonyl (C=O) groups excluding carboxylic acids is 2. The molecule has 0 spiro atoms. The topological polar surface area (TPSA) is 55.8 Å². The van der Waals surface area contributed by atoms with Crippen molar-refractivity contribution in [3.05, 3.63) is 29.8 Å². The number of rotatable bonds is 8. The summed E-state index contributed by atoms with van der Waals surface area (Å²) in [7, 11) is 1.37. The molecular formula is C19H27NO4. The Kier molecular flexibility index (Phi) is 7.09. The number of hydrogen-bond donors (Lipinski definition) is 0. The van der Waals surface area contributed by atoms with Crippen LogP contribution < -0.4 is 4.74 Å². The van der Waals surface area contributed by atoms with Gasteiger partial charge >= 0.3 is 5.97 Å². The summed E-state index contributed by atoms with van der Waals surface area (Å²) in [6, 6.07) is 8.01. The number of benzene rings is 1. The van der Waals surface area contributed by atoms with Gasteiger partial charge in [-0.2, -0.15) is 0 Å². The van der Waals surface area contributed by atoms with E-state index in [0.29, 0.717) is 12.3 Å². The summed E-state index contributed by atoms with van der Waals surface area (Å²) in [5.41, 5.74) is 1.24. The molecule has 1 aliphatic rings. The van der Waals surface area contributed by atoms with Gasteiger partial charge in [-0.25, -0.2) is 0 Å². The number of carbonyl (C=O) groups is 2. The number of nitrogens with zero attached hydrogens (tertiary/aromatic N) is 1. The van der Waals surface area contributed by atoms with E-state index in [1.54, 1.807) is 4.90 Å². The van der Waals surface area contributed by atoms with Crippen molar-refractivity contribution >= 4 is 11.9 Å². The fourth-order valence-electron chi connectivity index (χ4n) is 3.09. The first-order valence-electron chi connectivity index (χ1n) is 8.72. The highest BCUT2D eigenvalue weighted by Gasteiger charge is 2.27. The molecule has 132 valence electrons. The Balaban J connectivity index is 1.91. The van der Waals surface area contributed by atoms with Crippen molar-refractivity contribution in [1.82, 2.24) is 4.90 Å². The average molecular weight is 333 g/mol. The van der Waals surface area contributed by atoms with E-state index in [1.165, 1.54) is 12.7 Å². The molecular weight excluding hydrogens is 306 g/mol. The van der Waals surface area contributed by atoms with Crippen molar-refractivity contribution in [2.75, 3.05) is 20.3 Å². The first-order valence-corrected chi connectivity index (χ1v) is 8.72. The molecule has 1 aromatic carbocycles. The second-order valence-corrected chi connectivity index (χ2v) is 6.14. The molecule has 0 bridgehead atoms. The molecule has 0 aliphatic heterocycles. The lowest BCUT2D eigenvalue weighted by Crippen LogP contribution is -2.42. The zero-order valence-corrected chi connectivity index (χ0v) is 14.6. The van der Waals surface area contributed by atoms with E-state index in [0.717, 1.165) is 32.1 Å². The number of esters is 1. The van der Waals surface area contributed by atoms with Crippen molar-refractivity contribution < 1.29 is 19.1 Å². The SMILES string of the molecule is CCc1ccc(OCC(=O)N(CCC(=O)OC)C2CCCC2)cc1. The van der Waals surface area contributed by atoms with Crippen LogP contribution in [0.5, 0.6) is 5.75 Å². The molecule has 5 nitrogen and oxygen atoms in total. The predicted octanol–water partition coefficient (Wildman–Crippen LogP) is 2.96. The maximum atomic E-state index is 12.6. The van der Waals surface area contributed by atoms with Crippen molar-refractivity contribution in [3.8, 4) is 5.75 Å². The van der Waals surface area contributed by atoms with Gasteiger partial charge in [-0.3, -0.25) is 9.59 Å². The van der Waals surface area contributed by atoms with Crippen LogP contribution >= 0.6 is 0 Å². The first kappa shape index (κ1) is 18.3. The van der Waals surface area contributed by atoms with E-state index in [9.17, 15) is 9.59 Å². The van der Waals surface area contributed by atoms with Gasteiger partial charge < -0.3 is 14.4 Å². The van der Waals surface area contributed by atoms with E-state index in [2.05, 4.69) is 11.7 Å². The van der Waals surface area contributed by atoms with E-state index in [-0.39, 0.29) is 30.9 Å². The molecule has 0 radical (unpaired) electrons. The third-order valence-corrected chi connectivity index (χ3v) is 4.56. The molecule has 1 fully saturated rings. The Bertz CT molecular complexity index is 535. The smallest absolute Gasteiger partial charge is 0.307 e. The molecule has 0 saturated heterocycles. The van der Waals surface area contributed by atoms with E-state index in [4.69, 9.17) is 4.74 Å². The molecule has 1 aliphatic carbocycles. The lowest BCUT2D eigenvalue weighted by molar-refractivity contribution is -0.142. The van der Waals surface area contributed by atoms with Crippen molar-refractivity contribution in [1.29, 1.82) is 0 Å². The summed E-state index contributed by atoms with van der Waals surface area (Å²) in [5.74, 6) is 0.340.